The number of piperidine rings is 1. The van der Waals surface area contributed by atoms with Crippen LogP contribution in [0.15, 0.2) is 18.5 Å². The zero-order valence-corrected chi connectivity index (χ0v) is 10.7. The fourth-order valence-corrected chi connectivity index (χ4v) is 2.74. The van der Waals surface area contributed by atoms with Crippen LogP contribution in [0.1, 0.15) is 38.2 Å². The third-order valence-electron chi connectivity index (χ3n) is 3.76. The van der Waals surface area contributed by atoms with Crippen molar-refractivity contribution in [2.75, 3.05) is 18.0 Å². The molecule has 0 amide bonds. The Kier molecular flexibility index (Phi) is 4.37. The number of nitrogens with zero attached hydrogens (tertiary/aromatic N) is 2. The average Bonchev–Trinajstić information content (AvgIpc) is 2.40. The highest BCUT2D eigenvalue weighted by Crippen LogP contribution is 2.27. The second-order valence-corrected chi connectivity index (χ2v) is 4.93. The molecule has 0 aliphatic carbocycles. The van der Waals surface area contributed by atoms with Crippen LogP contribution in [0.3, 0.4) is 0 Å². The van der Waals surface area contributed by atoms with Crippen molar-refractivity contribution in [3.63, 3.8) is 0 Å². The lowest BCUT2D eigenvalue weighted by molar-refractivity contribution is 0.378. The number of hydrogen-bond donors (Lipinski definition) is 1. The maximum absolute atomic E-state index is 5.78. The van der Waals surface area contributed by atoms with Crippen LogP contribution >= 0.6 is 0 Å². The Morgan fingerprint density at radius 3 is 2.82 bits per heavy atom. The second kappa shape index (κ2) is 6.01. The number of aromatic nitrogens is 1. The molecule has 0 bridgehead atoms. The maximum Gasteiger partial charge on any atom is 0.0598 e. The Morgan fingerprint density at radius 2 is 2.18 bits per heavy atom. The van der Waals surface area contributed by atoms with Gasteiger partial charge in [0.25, 0.3) is 0 Å². The van der Waals surface area contributed by atoms with Gasteiger partial charge in [0.1, 0.15) is 0 Å². The molecule has 17 heavy (non-hydrogen) atoms. The van der Waals surface area contributed by atoms with Gasteiger partial charge in [-0.05, 0) is 30.4 Å². The molecule has 3 nitrogen and oxygen atoms in total. The first-order valence-electron chi connectivity index (χ1n) is 6.73. The molecule has 1 aliphatic heterocycles. The van der Waals surface area contributed by atoms with Gasteiger partial charge in [-0.3, -0.25) is 4.98 Å². The van der Waals surface area contributed by atoms with E-state index in [1.54, 1.807) is 0 Å². The minimum absolute atomic E-state index is 0.604. The van der Waals surface area contributed by atoms with Gasteiger partial charge in [0.15, 0.2) is 0 Å². The normalized spacial score (nSPS) is 17.4. The topological polar surface area (TPSA) is 42.2 Å². The standard InChI is InChI=1S/C14H23N3/c1-2-3-12-5-8-17(9-6-12)14-11-16-7-4-13(14)10-15/h4,7,11-12H,2-3,5-6,8-10,15H2,1H3. The highest BCUT2D eigenvalue weighted by atomic mass is 15.1. The summed E-state index contributed by atoms with van der Waals surface area (Å²) in [6.07, 6.45) is 9.10. The van der Waals surface area contributed by atoms with Crippen LogP contribution in [0, 0.1) is 5.92 Å². The average molecular weight is 233 g/mol. The molecule has 0 aromatic carbocycles. The summed E-state index contributed by atoms with van der Waals surface area (Å²) >= 11 is 0. The first-order chi connectivity index (χ1) is 8.35. The van der Waals surface area contributed by atoms with Crippen LogP contribution in [0.25, 0.3) is 0 Å². The molecule has 2 N–H and O–H groups in total. The molecule has 3 heteroatoms. The third-order valence-corrected chi connectivity index (χ3v) is 3.76. The van der Waals surface area contributed by atoms with E-state index < -0.39 is 0 Å². The minimum atomic E-state index is 0.604. The maximum atomic E-state index is 5.78. The van der Waals surface area contributed by atoms with Gasteiger partial charge >= 0.3 is 0 Å². The number of pyridine rings is 1. The summed E-state index contributed by atoms with van der Waals surface area (Å²) in [5.41, 5.74) is 8.24. The molecule has 1 aromatic heterocycles. The van der Waals surface area contributed by atoms with E-state index in [1.165, 1.54) is 36.9 Å². The quantitative estimate of drug-likeness (QED) is 0.869. The van der Waals surface area contributed by atoms with Crippen LogP contribution in [0.2, 0.25) is 0 Å². The van der Waals surface area contributed by atoms with E-state index in [2.05, 4.69) is 16.8 Å². The predicted octanol–water partition coefficient (Wildman–Crippen LogP) is 2.56. The summed E-state index contributed by atoms with van der Waals surface area (Å²) in [5.74, 6) is 0.925. The lowest BCUT2D eigenvalue weighted by Gasteiger charge is -2.34. The summed E-state index contributed by atoms with van der Waals surface area (Å²) in [4.78, 5) is 6.67. The van der Waals surface area contributed by atoms with Crippen LogP contribution < -0.4 is 10.6 Å². The highest BCUT2D eigenvalue weighted by molar-refractivity contribution is 5.51. The second-order valence-electron chi connectivity index (χ2n) is 4.93. The van der Waals surface area contributed by atoms with Crippen LogP contribution in [-0.4, -0.2) is 18.1 Å². The smallest absolute Gasteiger partial charge is 0.0598 e. The zero-order valence-electron chi connectivity index (χ0n) is 10.7. The highest BCUT2D eigenvalue weighted by Gasteiger charge is 2.20. The summed E-state index contributed by atoms with van der Waals surface area (Å²) in [6.45, 7) is 5.19. The molecule has 0 unspecified atom stereocenters. The van der Waals surface area contributed by atoms with Crippen molar-refractivity contribution in [1.82, 2.24) is 4.98 Å². The molecule has 0 atom stereocenters. The zero-order chi connectivity index (χ0) is 12.1. The molecule has 1 aromatic rings. The first-order valence-corrected chi connectivity index (χ1v) is 6.73. The lowest BCUT2D eigenvalue weighted by Crippen LogP contribution is -2.34. The van der Waals surface area contributed by atoms with E-state index in [0.717, 1.165) is 19.0 Å². The van der Waals surface area contributed by atoms with Crippen LogP contribution in [0.4, 0.5) is 5.69 Å². The third kappa shape index (κ3) is 2.97. The minimum Gasteiger partial charge on any atom is -0.370 e. The molecular weight excluding hydrogens is 210 g/mol. The van der Waals surface area contributed by atoms with Crippen molar-refractivity contribution in [3.05, 3.63) is 24.0 Å². The van der Waals surface area contributed by atoms with E-state index in [1.807, 2.05) is 18.5 Å². The van der Waals surface area contributed by atoms with Gasteiger partial charge in [-0.1, -0.05) is 19.8 Å². The number of anilines is 1. The first kappa shape index (κ1) is 12.4. The molecule has 1 saturated heterocycles. The van der Waals surface area contributed by atoms with Gasteiger partial charge in [0.2, 0.25) is 0 Å². The Labute approximate surface area is 104 Å². The van der Waals surface area contributed by atoms with Crippen molar-refractivity contribution in [1.29, 1.82) is 0 Å². The Morgan fingerprint density at radius 1 is 1.41 bits per heavy atom. The Balaban J connectivity index is 2.00. The van der Waals surface area contributed by atoms with Crippen molar-refractivity contribution in [3.8, 4) is 0 Å². The van der Waals surface area contributed by atoms with Crippen molar-refractivity contribution >= 4 is 5.69 Å². The van der Waals surface area contributed by atoms with E-state index in [9.17, 15) is 0 Å². The summed E-state index contributed by atoms with van der Waals surface area (Å²) in [6, 6.07) is 2.04. The molecule has 1 aliphatic rings. The van der Waals surface area contributed by atoms with Gasteiger partial charge in [0, 0.05) is 25.8 Å². The number of nitrogens with two attached hydrogens (primary N) is 1. The molecule has 0 radical (unpaired) electrons. The molecule has 2 heterocycles. The Bertz CT molecular complexity index is 343. The molecule has 2 rings (SSSR count). The number of hydrogen-bond acceptors (Lipinski definition) is 3. The van der Waals surface area contributed by atoms with Crippen molar-refractivity contribution in [2.24, 2.45) is 11.7 Å². The van der Waals surface area contributed by atoms with Crippen molar-refractivity contribution < 1.29 is 0 Å². The Hall–Kier alpha value is -1.09. The van der Waals surface area contributed by atoms with Gasteiger partial charge < -0.3 is 10.6 Å². The number of rotatable bonds is 4. The van der Waals surface area contributed by atoms with Gasteiger partial charge in [-0.2, -0.15) is 0 Å². The fraction of sp³-hybridized carbons (Fsp3) is 0.643. The molecule has 0 saturated carbocycles. The fourth-order valence-electron chi connectivity index (χ4n) is 2.74. The van der Waals surface area contributed by atoms with Gasteiger partial charge in [-0.15, -0.1) is 0 Å². The van der Waals surface area contributed by atoms with E-state index in [0.29, 0.717) is 6.54 Å². The van der Waals surface area contributed by atoms with E-state index in [4.69, 9.17) is 5.73 Å². The monoisotopic (exact) mass is 233 g/mol. The van der Waals surface area contributed by atoms with E-state index in [-0.39, 0.29) is 0 Å². The van der Waals surface area contributed by atoms with Gasteiger partial charge in [-0.25, -0.2) is 0 Å². The molecule has 1 fully saturated rings. The van der Waals surface area contributed by atoms with Crippen molar-refractivity contribution in [2.45, 2.75) is 39.2 Å². The van der Waals surface area contributed by atoms with Crippen LogP contribution in [-0.2, 0) is 6.54 Å². The molecule has 94 valence electrons. The summed E-state index contributed by atoms with van der Waals surface area (Å²) < 4.78 is 0. The predicted molar refractivity (Wildman–Crippen MR) is 72.0 cm³/mol. The lowest BCUT2D eigenvalue weighted by atomic mass is 9.92. The molecule has 0 spiro atoms. The van der Waals surface area contributed by atoms with E-state index >= 15 is 0 Å². The SMILES string of the molecule is CCCC1CCN(c2cnccc2CN)CC1. The summed E-state index contributed by atoms with van der Waals surface area (Å²) in [5, 5.41) is 0. The largest absolute Gasteiger partial charge is 0.370 e. The van der Waals surface area contributed by atoms with Crippen LogP contribution in [0.5, 0.6) is 0 Å². The summed E-state index contributed by atoms with van der Waals surface area (Å²) in [7, 11) is 0. The molecular formula is C14H23N3. The van der Waals surface area contributed by atoms with Gasteiger partial charge in [0.05, 0.1) is 11.9 Å².